The number of nitrogens with zero attached hydrogens (tertiary/aromatic N) is 2. The summed E-state index contributed by atoms with van der Waals surface area (Å²) in [5.41, 5.74) is 1.76. The number of piperidine rings is 1. The second-order valence-corrected chi connectivity index (χ2v) is 6.15. The lowest BCUT2D eigenvalue weighted by molar-refractivity contribution is 0.218. The van der Waals surface area contributed by atoms with Gasteiger partial charge in [0.1, 0.15) is 0 Å². The van der Waals surface area contributed by atoms with E-state index in [1.807, 2.05) is 12.5 Å². The zero-order chi connectivity index (χ0) is 11.8. The summed E-state index contributed by atoms with van der Waals surface area (Å²) in [5.74, 6) is 0. The molecular formula is C13H23N3. The van der Waals surface area contributed by atoms with Gasteiger partial charge in [-0.2, -0.15) is 0 Å². The van der Waals surface area contributed by atoms with Crippen molar-refractivity contribution in [3.63, 3.8) is 0 Å². The third kappa shape index (κ3) is 2.01. The van der Waals surface area contributed by atoms with Crippen LogP contribution in [0.25, 0.3) is 0 Å². The second kappa shape index (κ2) is 3.88. The van der Waals surface area contributed by atoms with E-state index in [0.717, 1.165) is 13.1 Å². The number of imidazole rings is 1. The van der Waals surface area contributed by atoms with Crippen LogP contribution in [0.4, 0.5) is 0 Å². The molecule has 0 radical (unpaired) electrons. The molecule has 0 spiro atoms. The molecule has 3 nitrogen and oxygen atoms in total. The molecule has 16 heavy (non-hydrogen) atoms. The smallest absolute Gasteiger partial charge is 0.0953 e. The first kappa shape index (κ1) is 11.6. The van der Waals surface area contributed by atoms with Crippen molar-refractivity contribution in [3.8, 4) is 0 Å². The van der Waals surface area contributed by atoms with Gasteiger partial charge in [0.25, 0.3) is 0 Å². The molecule has 2 rings (SSSR count). The molecule has 0 aliphatic carbocycles. The Morgan fingerprint density at radius 2 is 1.94 bits per heavy atom. The van der Waals surface area contributed by atoms with E-state index in [0.29, 0.717) is 0 Å². The average molecular weight is 221 g/mol. The van der Waals surface area contributed by atoms with E-state index in [1.165, 1.54) is 18.5 Å². The summed E-state index contributed by atoms with van der Waals surface area (Å²) in [7, 11) is 0. The lowest BCUT2D eigenvalue weighted by atomic mass is 9.86. The monoisotopic (exact) mass is 221 g/mol. The van der Waals surface area contributed by atoms with E-state index in [2.05, 4.69) is 42.6 Å². The number of rotatable bonds is 1. The van der Waals surface area contributed by atoms with Crippen LogP contribution in [0.3, 0.4) is 0 Å². The summed E-state index contributed by atoms with van der Waals surface area (Å²) in [6.45, 7) is 11.3. The minimum Gasteiger partial charge on any atom is -0.328 e. The van der Waals surface area contributed by atoms with Crippen molar-refractivity contribution in [3.05, 3.63) is 18.2 Å². The van der Waals surface area contributed by atoms with Crippen molar-refractivity contribution in [1.29, 1.82) is 0 Å². The Hall–Kier alpha value is -0.830. The molecule has 1 N–H and O–H groups in total. The molecule has 1 aliphatic heterocycles. The van der Waals surface area contributed by atoms with E-state index in [-0.39, 0.29) is 11.0 Å². The minimum absolute atomic E-state index is 0.171. The van der Waals surface area contributed by atoms with Crippen LogP contribution in [0.5, 0.6) is 0 Å². The first-order chi connectivity index (χ1) is 7.43. The molecule has 0 atom stereocenters. The molecule has 1 aliphatic rings. The highest BCUT2D eigenvalue weighted by atomic mass is 15.1. The summed E-state index contributed by atoms with van der Waals surface area (Å²) >= 11 is 0. The fourth-order valence-electron chi connectivity index (χ4n) is 2.49. The number of nitrogens with one attached hydrogen (secondary N) is 1. The van der Waals surface area contributed by atoms with Crippen molar-refractivity contribution < 1.29 is 0 Å². The van der Waals surface area contributed by atoms with Gasteiger partial charge in [-0.25, -0.2) is 4.98 Å². The maximum absolute atomic E-state index is 4.35. The van der Waals surface area contributed by atoms with Gasteiger partial charge in [0.2, 0.25) is 0 Å². The van der Waals surface area contributed by atoms with E-state index in [9.17, 15) is 0 Å². The predicted octanol–water partition coefficient (Wildman–Crippen LogP) is 2.28. The van der Waals surface area contributed by atoms with Gasteiger partial charge in [-0.3, -0.25) is 0 Å². The van der Waals surface area contributed by atoms with Crippen LogP contribution in [0.2, 0.25) is 0 Å². The summed E-state index contributed by atoms with van der Waals surface area (Å²) in [6, 6.07) is 0. The van der Waals surface area contributed by atoms with Gasteiger partial charge in [0, 0.05) is 22.8 Å². The molecule has 90 valence electrons. The standard InChI is InChI=1S/C13H23N3/c1-12(2,3)11-9-15-10-16(11)13(4)5-7-14-8-6-13/h9-10,14H,5-8H2,1-4H3. The summed E-state index contributed by atoms with van der Waals surface area (Å²) in [6.07, 6.45) is 6.40. The summed E-state index contributed by atoms with van der Waals surface area (Å²) in [4.78, 5) is 4.35. The second-order valence-electron chi connectivity index (χ2n) is 6.15. The zero-order valence-electron chi connectivity index (χ0n) is 10.9. The molecule has 1 aromatic heterocycles. The Bertz CT molecular complexity index is 353. The number of hydrogen-bond acceptors (Lipinski definition) is 2. The van der Waals surface area contributed by atoms with Gasteiger partial charge in [-0.15, -0.1) is 0 Å². The SMILES string of the molecule is CC(C)(C)c1cncn1C1(C)CCNCC1. The van der Waals surface area contributed by atoms with Crippen LogP contribution in [0, 0.1) is 0 Å². The minimum atomic E-state index is 0.171. The van der Waals surface area contributed by atoms with Crippen LogP contribution >= 0.6 is 0 Å². The molecule has 1 saturated heterocycles. The lowest BCUT2D eigenvalue weighted by Gasteiger charge is -2.38. The van der Waals surface area contributed by atoms with E-state index < -0.39 is 0 Å². The Balaban J connectivity index is 2.36. The Kier molecular flexibility index (Phi) is 2.82. The van der Waals surface area contributed by atoms with Crippen LogP contribution in [0.15, 0.2) is 12.5 Å². The van der Waals surface area contributed by atoms with Gasteiger partial charge in [0.05, 0.1) is 6.33 Å². The van der Waals surface area contributed by atoms with Crippen molar-refractivity contribution in [2.24, 2.45) is 0 Å². The first-order valence-electron chi connectivity index (χ1n) is 6.17. The normalized spacial score (nSPS) is 21.0. The van der Waals surface area contributed by atoms with Crippen LogP contribution < -0.4 is 5.32 Å². The van der Waals surface area contributed by atoms with Gasteiger partial charge < -0.3 is 9.88 Å². The van der Waals surface area contributed by atoms with E-state index in [1.54, 1.807) is 0 Å². The molecule has 1 fully saturated rings. The number of hydrogen-bond donors (Lipinski definition) is 1. The topological polar surface area (TPSA) is 29.9 Å². The largest absolute Gasteiger partial charge is 0.328 e. The van der Waals surface area contributed by atoms with Crippen molar-refractivity contribution in [2.45, 2.75) is 51.5 Å². The van der Waals surface area contributed by atoms with Gasteiger partial charge in [0.15, 0.2) is 0 Å². The predicted molar refractivity (Wildman–Crippen MR) is 66.7 cm³/mol. The molecule has 0 unspecified atom stereocenters. The van der Waals surface area contributed by atoms with E-state index in [4.69, 9.17) is 0 Å². The third-order valence-electron chi connectivity index (χ3n) is 3.67. The zero-order valence-corrected chi connectivity index (χ0v) is 10.9. The molecule has 0 bridgehead atoms. The summed E-state index contributed by atoms with van der Waals surface area (Å²) < 4.78 is 2.40. The van der Waals surface area contributed by atoms with Gasteiger partial charge in [-0.05, 0) is 32.9 Å². The average Bonchev–Trinajstić information content (AvgIpc) is 2.67. The fourth-order valence-corrected chi connectivity index (χ4v) is 2.49. The Morgan fingerprint density at radius 3 is 2.50 bits per heavy atom. The Morgan fingerprint density at radius 1 is 1.31 bits per heavy atom. The van der Waals surface area contributed by atoms with Gasteiger partial charge >= 0.3 is 0 Å². The Labute approximate surface area is 98.3 Å². The summed E-state index contributed by atoms with van der Waals surface area (Å²) in [5, 5.41) is 3.43. The highest BCUT2D eigenvalue weighted by Gasteiger charge is 2.32. The maximum atomic E-state index is 4.35. The van der Waals surface area contributed by atoms with Crippen molar-refractivity contribution >= 4 is 0 Å². The number of aromatic nitrogens is 2. The van der Waals surface area contributed by atoms with Crippen LogP contribution in [-0.4, -0.2) is 22.6 Å². The van der Waals surface area contributed by atoms with Crippen LogP contribution in [0.1, 0.15) is 46.2 Å². The highest BCUT2D eigenvalue weighted by Crippen LogP contribution is 2.32. The van der Waals surface area contributed by atoms with E-state index >= 15 is 0 Å². The fraction of sp³-hybridized carbons (Fsp3) is 0.769. The van der Waals surface area contributed by atoms with Crippen molar-refractivity contribution in [2.75, 3.05) is 13.1 Å². The molecule has 1 aromatic rings. The molecule has 2 heterocycles. The first-order valence-corrected chi connectivity index (χ1v) is 6.17. The van der Waals surface area contributed by atoms with Gasteiger partial charge in [-0.1, -0.05) is 20.8 Å². The highest BCUT2D eigenvalue weighted by molar-refractivity contribution is 5.14. The molecule has 0 aromatic carbocycles. The lowest BCUT2D eigenvalue weighted by Crippen LogP contribution is -2.43. The quantitative estimate of drug-likeness (QED) is 0.788. The molecular weight excluding hydrogens is 198 g/mol. The molecule has 0 saturated carbocycles. The van der Waals surface area contributed by atoms with Crippen molar-refractivity contribution in [1.82, 2.24) is 14.9 Å². The van der Waals surface area contributed by atoms with Crippen LogP contribution in [-0.2, 0) is 11.0 Å². The maximum Gasteiger partial charge on any atom is 0.0953 e. The molecule has 3 heteroatoms. The third-order valence-corrected chi connectivity index (χ3v) is 3.67. The molecule has 0 amide bonds.